The van der Waals surface area contributed by atoms with Gasteiger partial charge in [0.05, 0.1) is 5.92 Å². The number of amides is 1. The lowest BCUT2D eigenvalue weighted by Crippen LogP contribution is -2.48. The van der Waals surface area contributed by atoms with Gasteiger partial charge in [-0.25, -0.2) is 4.79 Å². The van der Waals surface area contributed by atoms with E-state index < -0.39 is 29.6 Å². The van der Waals surface area contributed by atoms with Crippen molar-refractivity contribution in [2.24, 2.45) is 11.3 Å². The Balaban J connectivity index is 2.16. The Hall–Kier alpha value is -0.980. The number of carbonyl (C=O) groups is 1. The zero-order chi connectivity index (χ0) is 13.4. The molecule has 2 aliphatic rings. The number of carboxylic acid groups (broad SMARTS) is 1. The van der Waals surface area contributed by atoms with Gasteiger partial charge in [0, 0.05) is 6.04 Å². The molecule has 0 aromatic carbocycles. The summed E-state index contributed by atoms with van der Waals surface area (Å²) in [6.45, 7) is 1.31. The van der Waals surface area contributed by atoms with Crippen LogP contribution in [0.1, 0.15) is 25.7 Å². The van der Waals surface area contributed by atoms with Gasteiger partial charge < -0.3 is 15.7 Å². The highest BCUT2D eigenvalue weighted by molar-refractivity contribution is 5.65. The summed E-state index contributed by atoms with van der Waals surface area (Å²) in [4.78, 5) is 10.7. The number of hydrogen-bond acceptors (Lipinski definition) is 2. The zero-order valence-corrected chi connectivity index (χ0v) is 9.89. The Labute approximate surface area is 103 Å². The lowest BCUT2D eigenvalue weighted by molar-refractivity contribution is -0.175. The first kappa shape index (κ1) is 13.5. The van der Waals surface area contributed by atoms with E-state index in [9.17, 15) is 18.0 Å². The quantitative estimate of drug-likeness (QED) is 0.680. The molecule has 0 aromatic heterocycles. The van der Waals surface area contributed by atoms with E-state index in [2.05, 4.69) is 10.6 Å². The van der Waals surface area contributed by atoms with Gasteiger partial charge in [0.15, 0.2) is 0 Å². The minimum absolute atomic E-state index is 0.0448. The molecule has 3 N–H and O–H groups in total. The van der Waals surface area contributed by atoms with Crippen molar-refractivity contribution in [3.05, 3.63) is 0 Å². The number of nitrogens with one attached hydrogen (secondary N) is 2. The van der Waals surface area contributed by atoms with Gasteiger partial charge >= 0.3 is 12.3 Å². The normalized spacial score (nSPS) is 31.5. The van der Waals surface area contributed by atoms with E-state index in [1.807, 2.05) is 0 Å². The molecule has 1 saturated carbocycles. The molecular weight excluding hydrogens is 249 g/mol. The van der Waals surface area contributed by atoms with Crippen molar-refractivity contribution in [1.29, 1.82) is 0 Å². The summed E-state index contributed by atoms with van der Waals surface area (Å²) in [5.74, 6) is -1.38. The molecule has 1 spiro atoms. The fourth-order valence-corrected chi connectivity index (χ4v) is 3.34. The maximum absolute atomic E-state index is 12.8. The maximum Gasteiger partial charge on any atom is 0.404 e. The van der Waals surface area contributed by atoms with E-state index >= 15 is 0 Å². The van der Waals surface area contributed by atoms with Gasteiger partial charge in [0.2, 0.25) is 0 Å². The number of alkyl halides is 3. The Kier molecular flexibility index (Phi) is 3.44. The summed E-state index contributed by atoms with van der Waals surface area (Å²) in [6, 6.07) is -0.580. The lowest BCUT2D eigenvalue weighted by atomic mass is 9.74. The number of halogens is 3. The topological polar surface area (TPSA) is 61.4 Å². The van der Waals surface area contributed by atoms with Crippen LogP contribution in [0.2, 0.25) is 0 Å². The summed E-state index contributed by atoms with van der Waals surface area (Å²) in [7, 11) is 0. The highest BCUT2D eigenvalue weighted by atomic mass is 19.4. The molecule has 2 rings (SSSR count). The van der Waals surface area contributed by atoms with Crippen molar-refractivity contribution in [3.63, 3.8) is 0 Å². The van der Waals surface area contributed by atoms with E-state index in [1.165, 1.54) is 0 Å². The second-order valence-electron chi connectivity index (χ2n) is 5.29. The van der Waals surface area contributed by atoms with Gasteiger partial charge in [-0.2, -0.15) is 13.2 Å². The Morgan fingerprint density at radius 1 is 1.33 bits per heavy atom. The summed E-state index contributed by atoms with van der Waals surface area (Å²) in [5.41, 5.74) is -0.524. The third kappa shape index (κ3) is 2.55. The summed E-state index contributed by atoms with van der Waals surface area (Å²) in [6.07, 6.45) is -4.35. The first-order valence-corrected chi connectivity index (χ1v) is 6.10. The van der Waals surface area contributed by atoms with Gasteiger partial charge in [0.1, 0.15) is 0 Å². The number of rotatable bonds is 1. The minimum atomic E-state index is -4.23. The van der Waals surface area contributed by atoms with Crippen molar-refractivity contribution in [2.45, 2.75) is 37.9 Å². The fourth-order valence-electron chi connectivity index (χ4n) is 3.34. The molecule has 1 saturated heterocycles. The van der Waals surface area contributed by atoms with Gasteiger partial charge in [-0.15, -0.1) is 0 Å². The van der Waals surface area contributed by atoms with E-state index in [4.69, 9.17) is 5.11 Å². The summed E-state index contributed by atoms with van der Waals surface area (Å²) >= 11 is 0. The highest BCUT2D eigenvalue weighted by Gasteiger charge is 2.55. The van der Waals surface area contributed by atoms with Crippen LogP contribution in [0.25, 0.3) is 0 Å². The van der Waals surface area contributed by atoms with Crippen molar-refractivity contribution < 1.29 is 23.1 Å². The van der Waals surface area contributed by atoms with E-state index in [-0.39, 0.29) is 12.8 Å². The van der Waals surface area contributed by atoms with Crippen LogP contribution >= 0.6 is 0 Å². The maximum atomic E-state index is 12.8. The molecule has 1 amide bonds. The minimum Gasteiger partial charge on any atom is -0.465 e. The van der Waals surface area contributed by atoms with Gasteiger partial charge in [-0.3, -0.25) is 0 Å². The van der Waals surface area contributed by atoms with Crippen LogP contribution in [0.3, 0.4) is 0 Å². The Morgan fingerprint density at radius 3 is 2.44 bits per heavy atom. The highest BCUT2D eigenvalue weighted by Crippen LogP contribution is 2.52. The van der Waals surface area contributed by atoms with Gasteiger partial charge in [0.25, 0.3) is 0 Å². The molecule has 0 bridgehead atoms. The monoisotopic (exact) mass is 266 g/mol. The Morgan fingerprint density at radius 2 is 1.94 bits per heavy atom. The van der Waals surface area contributed by atoms with Crippen LogP contribution in [0.15, 0.2) is 0 Å². The van der Waals surface area contributed by atoms with Crippen LogP contribution in [-0.2, 0) is 0 Å². The SMILES string of the molecule is O=C(O)N[C@@H]1C[C@@H](C(F)(F)F)CC12CCNCC2. The standard InChI is InChI=1S/C11H17F3N2O2/c12-11(13,14)7-5-8(16-9(17)18)10(6-7)1-3-15-4-2-10/h7-8,15-16H,1-6H2,(H,17,18)/t7-,8-/m1/s1. The molecule has 0 radical (unpaired) electrons. The fraction of sp³-hybridized carbons (Fsp3) is 0.909. The average Bonchev–Trinajstić information content (AvgIpc) is 2.58. The van der Waals surface area contributed by atoms with Crippen molar-refractivity contribution >= 4 is 6.09 Å². The molecular formula is C11H17F3N2O2. The second-order valence-corrected chi connectivity index (χ2v) is 5.29. The first-order chi connectivity index (χ1) is 8.33. The largest absolute Gasteiger partial charge is 0.465 e. The average molecular weight is 266 g/mol. The van der Waals surface area contributed by atoms with E-state index in [1.54, 1.807) is 0 Å². The van der Waals surface area contributed by atoms with Gasteiger partial charge in [-0.05, 0) is 44.2 Å². The molecule has 7 heteroatoms. The van der Waals surface area contributed by atoms with Crippen molar-refractivity contribution in [1.82, 2.24) is 10.6 Å². The molecule has 104 valence electrons. The van der Waals surface area contributed by atoms with Crippen molar-refractivity contribution in [2.75, 3.05) is 13.1 Å². The second kappa shape index (κ2) is 4.60. The zero-order valence-electron chi connectivity index (χ0n) is 9.89. The molecule has 1 aliphatic carbocycles. The summed E-state index contributed by atoms with van der Waals surface area (Å²) in [5, 5.41) is 14.2. The van der Waals surface area contributed by atoms with Gasteiger partial charge in [-0.1, -0.05) is 0 Å². The molecule has 1 aliphatic heterocycles. The first-order valence-electron chi connectivity index (χ1n) is 6.10. The predicted octanol–water partition coefficient (Wildman–Crippen LogP) is 1.96. The Bertz CT molecular complexity index is 327. The lowest BCUT2D eigenvalue weighted by Gasteiger charge is -2.39. The molecule has 2 atom stereocenters. The number of piperidine rings is 1. The van der Waals surface area contributed by atoms with Crippen LogP contribution in [0.4, 0.5) is 18.0 Å². The molecule has 18 heavy (non-hydrogen) atoms. The van der Waals surface area contributed by atoms with Crippen LogP contribution in [0, 0.1) is 11.3 Å². The molecule has 1 heterocycles. The van der Waals surface area contributed by atoms with Crippen LogP contribution in [0.5, 0.6) is 0 Å². The van der Waals surface area contributed by atoms with Crippen LogP contribution < -0.4 is 10.6 Å². The predicted molar refractivity (Wildman–Crippen MR) is 58.3 cm³/mol. The van der Waals surface area contributed by atoms with Crippen molar-refractivity contribution in [3.8, 4) is 0 Å². The molecule has 0 aromatic rings. The molecule has 4 nitrogen and oxygen atoms in total. The van der Waals surface area contributed by atoms with E-state index in [0.29, 0.717) is 25.9 Å². The summed E-state index contributed by atoms with van der Waals surface area (Å²) < 4.78 is 38.5. The number of hydrogen-bond donors (Lipinski definition) is 3. The smallest absolute Gasteiger partial charge is 0.404 e. The third-order valence-electron chi connectivity index (χ3n) is 4.27. The molecule has 2 fully saturated rings. The van der Waals surface area contributed by atoms with E-state index in [0.717, 1.165) is 0 Å². The van der Waals surface area contributed by atoms with Crippen LogP contribution in [-0.4, -0.2) is 36.5 Å². The third-order valence-corrected chi connectivity index (χ3v) is 4.27. The molecule has 0 unspecified atom stereocenters.